The Morgan fingerprint density at radius 1 is 1.58 bits per heavy atom. The number of nitrogens with zero attached hydrogens (tertiary/aromatic N) is 2. The van der Waals surface area contributed by atoms with Crippen LogP contribution in [0.5, 0.6) is 0 Å². The van der Waals surface area contributed by atoms with Gasteiger partial charge >= 0.3 is 0 Å². The van der Waals surface area contributed by atoms with Gasteiger partial charge in [0.05, 0.1) is 6.26 Å². The van der Waals surface area contributed by atoms with E-state index >= 15 is 0 Å². The summed E-state index contributed by atoms with van der Waals surface area (Å²) >= 11 is 0. The second kappa shape index (κ2) is 2.85. The molecule has 0 spiro atoms. The van der Waals surface area contributed by atoms with E-state index in [1.807, 2.05) is 25.4 Å². The summed E-state index contributed by atoms with van der Waals surface area (Å²) < 4.78 is 5.23. The summed E-state index contributed by atoms with van der Waals surface area (Å²) in [5, 5.41) is 6.07. The van der Waals surface area contributed by atoms with Gasteiger partial charge in [0.25, 0.3) is 0 Å². The Morgan fingerprint density at radius 2 is 2.50 bits per heavy atom. The minimum Gasteiger partial charge on any atom is -0.463 e. The van der Waals surface area contributed by atoms with E-state index in [0.29, 0.717) is 0 Å². The van der Waals surface area contributed by atoms with Crippen LogP contribution in [0.4, 0.5) is 0 Å². The van der Waals surface area contributed by atoms with Crippen LogP contribution < -0.4 is 0 Å². The predicted octanol–water partition coefficient (Wildman–Crippen LogP) is 1.83. The largest absolute Gasteiger partial charge is 0.463 e. The number of allylic oxidation sites excluding steroid dienone is 1. The van der Waals surface area contributed by atoms with Crippen LogP contribution in [0.25, 0.3) is 0 Å². The Kier molecular flexibility index (Phi) is 1.70. The lowest BCUT2D eigenvalue weighted by molar-refractivity contribution is 0.475. The van der Waals surface area contributed by atoms with E-state index in [1.165, 1.54) is 0 Å². The summed E-state index contributed by atoms with van der Waals surface area (Å²) in [5.41, 5.74) is 0.977. The fourth-order valence-electron chi connectivity index (χ4n) is 1.17. The van der Waals surface area contributed by atoms with Gasteiger partial charge in [-0.1, -0.05) is 6.08 Å². The second-order valence-corrected chi connectivity index (χ2v) is 2.69. The molecule has 2 heterocycles. The topological polar surface area (TPSA) is 28.7 Å². The quantitative estimate of drug-likeness (QED) is 0.630. The first kappa shape index (κ1) is 7.16. The van der Waals surface area contributed by atoms with Crippen molar-refractivity contribution in [1.82, 2.24) is 5.01 Å². The first-order valence-corrected chi connectivity index (χ1v) is 3.87. The Bertz CT molecular complexity index is 311. The van der Waals surface area contributed by atoms with Gasteiger partial charge < -0.3 is 4.42 Å². The molecular weight excluding hydrogens is 152 g/mol. The third-order valence-corrected chi connectivity index (χ3v) is 1.72. The van der Waals surface area contributed by atoms with Crippen molar-refractivity contribution in [2.45, 2.75) is 6.42 Å². The summed E-state index contributed by atoms with van der Waals surface area (Å²) in [6.07, 6.45) is 6.51. The molecule has 3 nitrogen and oxygen atoms in total. The highest BCUT2D eigenvalue weighted by atomic mass is 16.3. The van der Waals surface area contributed by atoms with E-state index in [9.17, 15) is 0 Å². The Labute approximate surface area is 71.0 Å². The highest BCUT2D eigenvalue weighted by Gasteiger charge is 2.08. The molecule has 1 aliphatic rings. The lowest BCUT2D eigenvalue weighted by atomic mass is 10.2. The molecule has 2 rings (SSSR count). The number of furan rings is 1. The maximum Gasteiger partial charge on any atom is 0.150 e. The summed E-state index contributed by atoms with van der Waals surface area (Å²) in [6.45, 7) is 0. The zero-order valence-corrected chi connectivity index (χ0v) is 6.90. The van der Waals surface area contributed by atoms with Gasteiger partial charge in [-0.2, -0.15) is 5.10 Å². The normalized spacial score (nSPS) is 16.4. The van der Waals surface area contributed by atoms with Crippen LogP contribution >= 0.6 is 0 Å². The van der Waals surface area contributed by atoms with E-state index in [-0.39, 0.29) is 0 Å². The van der Waals surface area contributed by atoms with Crippen LogP contribution in [0.2, 0.25) is 0 Å². The van der Waals surface area contributed by atoms with Gasteiger partial charge in [-0.15, -0.1) is 0 Å². The average molecular weight is 162 g/mol. The molecular formula is C9H10N2O. The molecule has 12 heavy (non-hydrogen) atoms. The van der Waals surface area contributed by atoms with Crippen molar-refractivity contribution in [1.29, 1.82) is 0 Å². The highest BCUT2D eigenvalue weighted by molar-refractivity contribution is 5.99. The van der Waals surface area contributed by atoms with Gasteiger partial charge in [-0.25, -0.2) is 0 Å². The summed E-state index contributed by atoms with van der Waals surface area (Å²) in [5.74, 6) is 0.853. The zero-order chi connectivity index (χ0) is 8.39. The minimum absolute atomic E-state index is 0.845. The van der Waals surface area contributed by atoms with Crippen molar-refractivity contribution in [3.8, 4) is 0 Å². The number of hydrazone groups is 1. The van der Waals surface area contributed by atoms with Crippen molar-refractivity contribution >= 4 is 5.71 Å². The Hall–Kier alpha value is -1.51. The minimum atomic E-state index is 0.845. The molecule has 0 aromatic carbocycles. The van der Waals surface area contributed by atoms with Crippen molar-refractivity contribution in [3.63, 3.8) is 0 Å². The molecule has 3 heteroatoms. The molecule has 0 saturated carbocycles. The molecule has 0 saturated heterocycles. The SMILES string of the molecule is CN1C=CCC(c2ccco2)=N1. The summed E-state index contributed by atoms with van der Waals surface area (Å²) in [4.78, 5) is 0. The third kappa shape index (κ3) is 1.25. The smallest absolute Gasteiger partial charge is 0.150 e. The number of hydrogen-bond donors (Lipinski definition) is 0. The molecule has 0 aliphatic carbocycles. The molecule has 0 amide bonds. The van der Waals surface area contributed by atoms with Gasteiger partial charge in [0, 0.05) is 19.7 Å². The van der Waals surface area contributed by atoms with Crippen LogP contribution in [0.3, 0.4) is 0 Å². The monoisotopic (exact) mass is 162 g/mol. The highest BCUT2D eigenvalue weighted by Crippen LogP contribution is 2.10. The first-order valence-electron chi connectivity index (χ1n) is 3.87. The molecule has 0 N–H and O–H groups in total. The van der Waals surface area contributed by atoms with Gasteiger partial charge in [0.15, 0.2) is 0 Å². The van der Waals surface area contributed by atoms with Gasteiger partial charge in [-0.05, 0) is 12.1 Å². The maximum absolute atomic E-state index is 5.23. The van der Waals surface area contributed by atoms with Crippen LogP contribution in [-0.2, 0) is 0 Å². The molecule has 0 fully saturated rings. The maximum atomic E-state index is 5.23. The van der Waals surface area contributed by atoms with Crippen molar-refractivity contribution in [3.05, 3.63) is 36.4 Å². The van der Waals surface area contributed by atoms with Gasteiger partial charge in [-0.3, -0.25) is 5.01 Å². The molecule has 0 radical (unpaired) electrons. The Morgan fingerprint density at radius 3 is 3.17 bits per heavy atom. The fraction of sp³-hybridized carbons (Fsp3) is 0.222. The van der Waals surface area contributed by atoms with Crippen molar-refractivity contribution in [2.24, 2.45) is 5.10 Å². The Balaban J connectivity index is 2.26. The molecule has 62 valence electrons. The van der Waals surface area contributed by atoms with E-state index in [1.54, 1.807) is 11.3 Å². The standard InChI is InChI=1S/C9H10N2O/c1-11-6-2-4-8(10-11)9-5-3-7-12-9/h2-3,5-7H,4H2,1H3. The fourth-order valence-corrected chi connectivity index (χ4v) is 1.17. The zero-order valence-electron chi connectivity index (χ0n) is 6.90. The summed E-state index contributed by atoms with van der Waals surface area (Å²) in [6, 6.07) is 3.79. The van der Waals surface area contributed by atoms with E-state index in [4.69, 9.17) is 4.42 Å². The molecule has 0 unspecified atom stereocenters. The van der Waals surface area contributed by atoms with E-state index < -0.39 is 0 Å². The van der Waals surface area contributed by atoms with Gasteiger partial charge in [0.1, 0.15) is 11.5 Å². The van der Waals surface area contributed by atoms with Crippen molar-refractivity contribution < 1.29 is 4.42 Å². The number of rotatable bonds is 1. The molecule has 1 aromatic rings. The summed E-state index contributed by atoms with van der Waals surface area (Å²) in [7, 11) is 1.90. The molecule has 1 aliphatic heterocycles. The van der Waals surface area contributed by atoms with Crippen LogP contribution in [0, 0.1) is 0 Å². The first-order chi connectivity index (χ1) is 5.86. The second-order valence-electron chi connectivity index (χ2n) is 2.69. The predicted molar refractivity (Wildman–Crippen MR) is 46.8 cm³/mol. The lowest BCUT2D eigenvalue weighted by Gasteiger charge is -2.13. The molecule has 1 aromatic heterocycles. The molecule has 0 atom stereocenters. The van der Waals surface area contributed by atoms with Crippen LogP contribution in [0.15, 0.2) is 40.2 Å². The van der Waals surface area contributed by atoms with E-state index in [0.717, 1.165) is 17.9 Å². The third-order valence-electron chi connectivity index (χ3n) is 1.72. The van der Waals surface area contributed by atoms with Crippen LogP contribution in [0.1, 0.15) is 12.2 Å². The van der Waals surface area contributed by atoms with Crippen LogP contribution in [-0.4, -0.2) is 17.8 Å². The van der Waals surface area contributed by atoms with E-state index in [2.05, 4.69) is 11.2 Å². The average Bonchev–Trinajstić information content (AvgIpc) is 2.56. The molecule has 0 bridgehead atoms. The lowest BCUT2D eigenvalue weighted by Crippen LogP contribution is -2.12. The van der Waals surface area contributed by atoms with Gasteiger partial charge in [0.2, 0.25) is 0 Å². The number of hydrogen-bond acceptors (Lipinski definition) is 3. The van der Waals surface area contributed by atoms with Crippen molar-refractivity contribution in [2.75, 3.05) is 7.05 Å².